The first-order chi connectivity index (χ1) is 15.9. The minimum atomic E-state index is -0.743. The van der Waals surface area contributed by atoms with Crippen LogP contribution < -0.4 is 38.8 Å². The van der Waals surface area contributed by atoms with Gasteiger partial charge in [0, 0.05) is 61.2 Å². The molecule has 0 saturated carbocycles. The van der Waals surface area contributed by atoms with Crippen molar-refractivity contribution >= 4 is 34.9 Å². The van der Waals surface area contributed by atoms with E-state index in [4.69, 9.17) is 28.3 Å². The van der Waals surface area contributed by atoms with Crippen LogP contribution in [0.2, 0.25) is 0 Å². The number of carboxylic acid groups (broad SMARTS) is 1. The highest BCUT2D eigenvalue weighted by atomic mass is 35.5. The van der Waals surface area contributed by atoms with E-state index in [2.05, 4.69) is 54.0 Å². The van der Waals surface area contributed by atoms with Crippen LogP contribution in [0.1, 0.15) is 18.4 Å². The molecule has 0 unspecified atom stereocenters. The van der Waals surface area contributed by atoms with Crippen LogP contribution in [0, 0.1) is 0 Å². The molecule has 3 aromatic rings. The molecular weight excluding hydrogens is 528 g/mol. The van der Waals surface area contributed by atoms with E-state index in [-0.39, 0.29) is 31.2 Å². The maximum atomic E-state index is 10.4. The third kappa shape index (κ3) is 12.5. The predicted molar refractivity (Wildman–Crippen MR) is 135 cm³/mol. The molecule has 0 fully saturated rings. The lowest BCUT2D eigenvalue weighted by Crippen LogP contribution is -3.00. The number of anilines is 1. The van der Waals surface area contributed by atoms with Crippen LogP contribution in [-0.4, -0.2) is 35.9 Å². The SMILES string of the molecule is C[n+]1ccc(-c2cc[n+](C)cc2)cc1.O=C(O)CCCc1ccc(N(CCCl)CCCl)cc1.[Cl-].[Cl-]. The molecule has 0 saturated heterocycles. The van der Waals surface area contributed by atoms with Gasteiger partial charge >= 0.3 is 5.97 Å². The number of aromatic nitrogens is 2. The highest BCUT2D eigenvalue weighted by Gasteiger charge is 2.05. The van der Waals surface area contributed by atoms with Gasteiger partial charge in [0.1, 0.15) is 14.1 Å². The lowest BCUT2D eigenvalue weighted by atomic mass is 10.1. The Kier molecular flexibility index (Phi) is 17.2. The number of aliphatic carboxylic acids is 1. The number of alkyl halides is 2. The van der Waals surface area contributed by atoms with Gasteiger partial charge < -0.3 is 34.8 Å². The molecule has 0 amide bonds. The van der Waals surface area contributed by atoms with Gasteiger partial charge in [0.25, 0.3) is 0 Å². The number of aryl methyl sites for hydroxylation is 3. The smallest absolute Gasteiger partial charge is 0.303 e. The van der Waals surface area contributed by atoms with Gasteiger partial charge in [0.05, 0.1) is 0 Å². The van der Waals surface area contributed by atoms with Crippen molar-refractivity contribution in [1.82, 2.24) is 0 Å². The van der Waals surface area contributed by atoms with Crippen LogP contribution in [0.4, 0.5) is 5.69 Å². The van der Waals surface area contributed by atoms with Crippen molar-refractivity contribution in [1.29, 1.82) is 0 Å². The Morgan fingerprint density at radius 1 is 0.800 bits per heavy atom. The first kappa shape index (κ1) is 33.0. The van der Waals surface area contributed by atoms with Crippen molar-refractivity contribution in [2.24, 2.45) is 14.1 Å². The monoisotopic (exact) mass is 559 g/mol. The van der Waals surface area contributed by atoms with Gasteiger partial charge in [-0.05, 0) is 41.7 Å². The Hall–Kier alpha value is -2.05. The molecule has 1 aromatic carbocycles. The summed E-state index contributed by atoms with van der Waals surface area (Å²) in [7, 11) is 4.05. The summed E-state index contributed by atoms with van der Waals surface area (Å²) in [4.78, 5) is 12.6. The first-order valence-corrected chi connectivity index (χ1v) is 12.1. The Labute approximate surface area is 231 Å². The van der Waals surface area contributed by atoms with Gasteiger partial charge in [-0.25, -0.2) is 9.13 Å². The molecule has 1 N–H and O–H groups in total. The van der Waals surface area contributed by atoms with E-state index in [0.29, 0.717) is 18.2 Å². The quantitative estimate of drug-likeness (QED) is 0.240. The summed E-state index contributed by atoms with van der Waals surface area (Å²) < 4.78 is 4.07. The van der Waals surface area contributed by atoms with E-state index in [0.717, 1.165) is 30.8 Å². The second kappa shape index (κ2) is 18.3. The minimum Gasteiger partial charge on any atom is -1.00 e. The largest absolute Gasteiger partial charge is 1.00 e. The molecule has 9 heteroatoms. The zero-order chi connectivity index (χ0) is 24.1. The zero-order valence-electron chi connectivity index (χ0n) is 20.1. The van der Waals surface area contributed by atoms with Crippen molar-refractivity contribution in [3.05, 3.63) is 78.9 Å². The van der Waals surface area contributed by atoms with E-state index in [1.807, 2.05) is 47.5 Å². The molecular formula is C26H33Cl4N3O2. The number of carbonyl (C=O) groups is 1. The fraction of sp³-hybridized carbons (Fsp3) is 0.346. The van der Waals surface area contributed by atoms with E-state index in [1.165, 1.54) is 11.1 Å². The molecule has 35 heavy (non-hydrogen) atoms. The number of halogens is 4. The zero-order valence-corrected chi connectivity index (χ0v) is 23.1. The summed E-state index contributed by atoms with van der Waals surface area (Å²) in [6, 6.07) is 16.6. The fourth-order valence-corrected chi connectivity index (χ4v) is 3.69. The fourth-order valence-electron chi connectivity index (χ4n) is 3.28. The third-order valence-electron chi connectivity index (χ3n) is 5.16. The molecule has 192 valence electrons. The molecule has 5 nitrogen and oxygen atoms in total. The van der Waals surface area contributed by atoms with Crippen molar-refractivity contribution in [3.8, 4) is 11.1 Å². The normalized spacial score (nSPS) is 9.71. The Balaban J connectivity index is 0.000000647. The lowest BCUT2D eigenvalue weighted by Gasteiger charge is -2.23. The Morgan fingerprint density at radius 3 is 1.60 bits per heavy atom. The second-order valence-corrected chi connectivity index (χ2v) is 8.54. The van der Waals surface area contributed by atoms with E-state index in [9.17, 15) is 4.79 Å². The number of hydrogen-bond acceptors (Lipinski definition) is 2. The second-order valence-electron chi connectivity index (χ2n) is 7.78. The van der Waals surface area contributed by atoms with Gasteiger partial charge in [-0.3, -0.25) is 4.79 Å². The Bertz CT molecular complexity index is 920. The summed E-state index contributed by atoms with van der Waals surface area (Å²) in [5, 5.41) is 8.59. The van der Waals surface area contributed by atoms with Crippen molar-refractivity contribution in [3.63, 3.8) is 0 Å². The van der Waals surface area contributed by atoms with Crippen LogP contribution in [0.3, 0.4) is 0 Å². The van der Waals surface area contributed by atoms with E-state index in [1.54, 1.807) is 0 Å². The molecule has 0 aliphatic heterocycles. The highest BCUT2D eigenvalue weighted by Crippen LogP contribution is 2.17. The van der Waals surface area contributed by atoms with Crippen molar-refractivity contribution < 1.29 is 43.8 Å². The molecule has 2 heterocycles. The summed E-state index contributed by atoms with van der Waals surface area (Å²) in [5.74, 6) is 0.390. The van der Waals surface area contributed by atoms with E-state index >= 15 is 0 Å². The number of nitrogens with zero attached hydrogens (tertiary/aromatic N) is 3. The maximum Gasteiger partial charge on any atom is 0.303 e. The van der Waals surface area contributed by atoms with Crippen LogP contribution in [0.25, 0.3) is 11.1 Å². The van der Waals surface area contributed by atoms with Gasteiger partial charge in [0.2, 0.25) is 0 Å². The molecule has 0 aliphatic carbocycles. The molecule has 2 aromatic heterocycles. The molecule has 0 radical (unpaired) electrons. The standard InChI is InChI=1S/C14H19Cl2NO2.C12H14N2.2ClH/c15-8-10-17(11-9-16)13-6-4-12(5-7-13)2-1-3-14(18)19;1-13-7-3-11(4-8-13)12-5-9-14(2)10-6-12;;/h4-7H,1-3,8-11H2,(H,18,19);3-10H,1-2H3;2*1H/q;+2;;/p-2. The topological polar surface area (TPSA) is 48.3 Å². The predicted octanol–water partition coefficient (Wildman–Crippen LogP) is -1.61. The average Bonchev–Trinajstić information content (AvgIpc) is 2.81. The van der Waals surface area contributed by atoms with Gasteiger partial charge in [0.15, 0.2) is 24.8 Å². The Morgan fingerprint density at radius 2 is 1.23 bits per heavy atom. The molecule has 3 rings (SSSR count). The third-order valence-corrected chi connectivity index (χ3v) is 5.49. The first-order valence-electron chi connectivity index (χ1n) is 11.0. The molecule has 0 aliphatic rings. The molecule has 0 bridgehead atoms. The number of rotatable bonds is 10. The summed E-state index contributed by atoms with van der Waals surface area (Å²) >= 11 is 11.5. The molecule has 0 atom stereocenters. The van der Waals surface area contributed by atoms with E-state index < -0.39 is 5.97 Å². The summed E-state index contributed by atoms with van der Waals surface area (Å²) in [5.41, 5.74) is 4.76. The number of carboxylic acids is 1. The number of benzene rings is 1. The summed E-state index contributed by atoms with van der Waals surface area (Å²) in [6.07, 6.45) is 9.90. The van der Waals surface area contributed by atoms with Crippen LogP contribution >= 0.6 is 23.2 Å². The van der Waals surface area contributed by atoms with Crippen molar-refractivity contribution in [2.45, 2.75) is 19.3 Å². The lowest BCUT2D eigenvalue weighted by molar-refractivity contribution is -0.671. The van der Waals surface area contributed by atoms with Crippen LogP contribution in [0.5, 0.6) is 0 Å². The highest BCUT2D eigenvalue weighted by molar-refractivity contribution is 6.18. The van der Waals surface area contributed by atoms with Crippen LogP contribution in [-0.2, 0) is 25.3 Å². The van der Waals surface area contributed by atoms with Gasteiger partial charge in [-0.15, -0.1) is 23.2 Å². The van der Waals surface area contributed by atoms with Crippen molar-refractivity contribution in [2.75, 3.05) is 29.7 Å². The molecule has 0 spiro atoms. The number of hydrogen-bond donors (Lipinski definition) is 1. The average molecular weight is 561 g/mol. The number of pyridine rings is 2. The van der Waals surface area contributed by atoms with Gasteiger partial charge in [-0.1, -0.05) is 12.1 Å². The van der Waals surface area contributed by atoms with Crippen LogP contribution in [0.15, 0.2) is 73.3 Å². The van der Waals surface area contributed by atoms with Gasteiger partial charge in [-0.2, -0.15) is 0 Å². The minimum absolute atomic E-state index is 0. The summed E-state index contributed by atoms with van der Waals surface area (Å²) in [6.45, 7) is 1.54. The maximum absolute atomic E-state index is 10.4.